The van der Waals surface area contributed by atoms with E-state index in [1.807, 2.05) is 0 Å². The number of thiophene rings is 1. The third-order valence-corrected chi connectivity index (χ3v) is 4.99. The molecule has 3 rings (SSSR count). The number of rotatable bonds is 5. The fraction of sp³-hybridized carbons (Fsp3) is 0.625. The van der Waals surface area contributed by atoms with Crippen LogP contribution in [0.15, 0.2) is 6.07 Å². The van der Waals surface area contributed by atoms with Gasteiger partial charge in [0.1, 0.15) is 16.5 Å². The number of fused-ring (bicyclic) bond motifs is 1. The van der Waals surface area contributed by atoms with Gasteiger partial charge >= 0.3 is 0 Å². The van der Waals surface area contributed by atoms with Crippen LogP contribution >= 0.6 is 11.3 Å². The van der Waals surface area contributed by atoms with Gasteiger partial charge < -0.3 is 10.2 Å². The van der Waals surface area contributed by atoms with E-state index >= 15 is 0 Å². The Balaban J connectivity index is 1.70. The van der Waals surface area contributed by atoms with E-state index in [0.29, 0.717) is 0 Å². The van der Waals surface area contributed by atoms with E-state index in [0.717, 1.165) is 36.0 Å². The van der Waals surface area contributed by atoms with Gasteiger partial charge in [-0.1, -0.05) is 13.3 Å². The molecule has 0 spiro atoms. The van der Waals surface area contributed by atoms with Gasteiger partial charge in [-0.3, -0.25) is 0 Å². The highest BCUT2D eigenvalue weighted by atomic mass is 32.1. The van der Waals surface area contributed by atoms with Crippen molar-refractivity contribution < 1.29 is 0 Å². The van der Waals surface area contributed by atoms with E-state index in [2.05, 4.69) is 40.1 Å². The van der Waals surface area contributed by atoms with Gasteiger partial charge in [0.05, 0.1) is 5.39 Å². The maximum absolute atomic E-state index is 4.68. The lowest BCUT2D eigenvalue weighted by Gasteiger charge is -2.26. The van der Waals surface area contributed by atoms with E-state index in [1.165, 1.54) is 42.6 Å². The minimum Gasteiger partial charge on any atom is -0.368 e. The van der Waals surface area contributed by atoms with Crippen LogP contribution in [0.5, 0.6) is 0 Å². The second-order valence-electron chi connectivity index (χ2n) is 5.75. The van der Waals surface area contributed by atoms with Gasteiger partial charge in [0.25, 0.3) is 0 Å². The number of likely N-dealkylation sites (tertiary alicyclic amines) is 1. The summed E-state index contributed by atoms with van der Waals surface area (Å²) in [6.07, 6.45) is 4.97. The first-order chi connectivity index (χ1) is 10.3. The van der Waals surface area contributed by atoms with Crippen LogP contribution in [0, 0.1) is 6.92 Å². The Kier molecular flexibility index (Phi) is 4.70. The van der Waals surface area contributed by atoms with Gasteiger partial charge in [-0.2, -0.15) is 0 Å². The molecule has 21 heavy (non-hydrogen) atoms. The first-order valence-electron chi connectivity index (χ1n) is 7.99. The normalized spacial score (nSPS) is 16.5. The van der Waals surface area contributed by atoms with E-state index in [1.54, 1.807) is 11.3 Å². The molecule has 3 heterocycles. The summed E-state index contributed by atoms with van der Waals surface area (Å²) in [4.78, 5) is 14.3. The van der Waals surface area contributed by atoms with Crippen LogP contribution in [0.4, 0.5) is 5.82 Å². The van der Waals surface area contributed by atoms with Crippen molar-refractivity contribution in [3.63, 3.8) is 0 Å². The van der Waals surface area contributed by atoms with Crippen LogP contribution in [0.25, 0.3) is 10.2 Å². The Bertz CT molecular complexity index is 602. The third kappa shape index (κ3) is 3.52. The monoisotopic (exact) mass is 304 g/mol. The molecule has 2 aromatic heterocycles. The van der Waals surface area contributed by atoms with Gasteiger partial charge in [-0.25, -0.2) is 9.97 Å². The van der Waals surface area contributed by atoms with E-state index in [9.17, 15) is 0 Å². The zero-order chi connectivity index (χ0) is 14.7. The highest BCUT2D eigenvalue weighted by Gasteiger charge is 2.12. The van der Waals surface area contributed by atoms with Gasteiger partial charge in [0.2, 0.25) is 0 Å². The molecule has 1 aliphatic heterocycles. The maximum Gasteiger partial charge on any atom is 0.138 e. The molecule has 0 saturated carbocycles. The molecule has 0 amide bonds. The lowest BCUT2D eigenvalue weighted by atomic mass is 10.1. The fourth-order valence-electron chi connectivity index (χ4n) is 2.89. The van der Waals surface area contributed by atoms with E-state index < -0.39 is 0 Å². The van der Waals surface area contributed by atoms with Crippen molar-refractivity contribution >= 4 is 27.4 Å². The van der Waals surface area contributed by atoms with Crippen LogP contribution in [0.3, 0.4) is 0 Å². The summed E-state index contributed by atoms with van der Waals surface area (Å²) >= 11 is 1.76. The van der Waals surface area contributed by atoms with E-state index in [4.69, 9.17) is 0 Å². The molecule has 0 radical (unpaired) electrons. The maximum atomic E-state index is 4.68. The smallest absolute Gasteiger partial charge is 0.138 e. The molecule has 1 N–H and O–H groups in total. The molecule has 1 saturated heterocycles. The van der Waals surface area contributed by atoms with Crippen LogP contribution in [0.1, 0.15) is 36.9 Å². The Morgan fingerprint density at radius 1 is 1.24 bits per heavy atom. The van der Waals surface area contributed by atoms with Gasteiger partial charge in [-0.15, -0.1) is 11.3 Å². The summed E-state index contributed by atoms with van der Waals surface area (Å²) in [6, 6.07) is 2.20. The van der Waals surface area contributed by atoms with Crippen molar-refractivity contribution in [2.75, 3.05) is 31.5 Å². The predicted octanol–water partition coefficient (Wildman–Crippen LogP) is 3.46. The first-order valence-corrected chi connectivity index (χ1v) is 8.81. The number of piperidine rings is 1. The number of nitrogens with zero attached hydrogens (tertiary/aromatic N) is 3. The standard InChI is InChI=1S/C16H24N4S/c1-3-14-18-15(13-11-12(2)21-16(13)19-14)17-7-10-20-8-5-4-6-9-20/h11H,3-10H2,1-2H3,(H,17,18,19). The van der Waals surface area contributed by atoms with Crippen molar-refractivity contribution in [2.45, 2.75) is 39.5 Å². The summed E-state index contributed by atoms with van der Waals surface area (Å²) in [6.45, 7) is 8.81. The van der Waals surface area contributed by atoms with Crippen molar-refractivity contribution in [3.05, 3.63) is 16.8 Å². The number of hydrogen-bond donors (Lipinski definition) is 1. The average Bonchev–Trinajstić information content (AvgIpc) is 2.88. The number of nitrogens with one attached hydrogen (secondary N) is 1. The topological polar surface area (TPSA) is 41.1 Å². The average molecular weight is 304 g/mol. The van der Waals surface area contributed by atoms with Crippen LogP contribution < -0.4 is 5.32 Å². The molecule has 0 unspecified atom stereocenters. The Labute approximate surface area is 130 Å². The molecule has 2 aromatic rings. The molecule has 0 atom stereocenters. The lowest BCUT2D eigenvalue weighted by molar-refractivity contribution is 0.237. The number of aryl methyl sites for hydroxylation is 2. The molecule has 0 bridgehead atoms. The van der Waals surface area contributed by atoms with Crippen molar-refractivity contribution in [2.24, 2.45) is 0 Å². The summed E-state index contributed by atoms with van der Waals surface area (Å²) in [5, 5.41) is 4.71. The van der Waals surface area contributed by atoms with Gasteiger partial charge in [-0.05, 0) is 38.9 Å². The number of anilines is 1. The van der Waals surface area contributed by atoms with Crippen LogP contribution in [0.2, 0.25) is 0 Å². The molecular formula is C16H24N4S. The SMILES string of the molecule is CCc1nc(NCCN2CCCCC2)c2cc(C)sc2n1. The quantitative estimate of drug-likeness (QED) is 0.918. The summed E-state index contributed by atoms with van der Waals surface area (Å²) in [5.74, 6) is 1.95. The summed E-state index contributed by atoms with van der Waals surface area (Å²) in [5.41, 5.74) is 0. The van der Waals surface area contributed by atoms with E-state index in [-0.39, 0.29) is 0 Å². The van der Waals surface area contributed by atoms with Gasteiger partial charge in [0, 0.05) is 24.4 Å². The molecule has 5 heteroatoms. The second-order valence-corrected chi connectivity index (χ2v) is 6.98. The minimum absolute atomic E-state index is 0.883. The molecule has 0 aliphatic carbocycles. The fourth-order valence-corrected chi connectivity index (χ4v) is 3.79. The molecule has 114 valence electrons. The lowest BCUT2D eigenvalue weighted by Crippen LogP contribution is -2.33. The van der Waals surface area contributed by atoms with Gasteiger partial charge in [0.15, 0.2) is 0 Å². The minimum atomic E-state index is 0.883. The third-order valence-electron chi connectivity index (χ3n) is 4.05. The van der Waals surface area contributed by atoms with Crippen molar-refractivity contribution in [1.29, 1.82) is 0 Å². The first kappa shape index (κ1) is 14.7. The van der Waals surface area contributed by atoms with Crippen molar-refractivity contribution in [1.82, 2.24) is 14.9 Å². The Hall–Kier alpha value is -1.20. The number of aromatic nitrogens is 2. The number of hydrogen-bond acceptors (Lipinski definition) is 5. The molecular weight excluding hydrogens is 280 g/mol. The largest absolute Gasteiger partial charge is 0.368 e. The molecule has 1 aliphatic rings. The summed E-state index contributed by atoms with van der Waals surface area (Å²) in [7, 11) is 0. The molecule has 0 aromatic carbocycles. The predicted molar refractivity (Wildman–Crippen MR) is 90.3 cm³/mol. The van der Waals surface area contributed by atoms with Crippen LogP contribution in [-0.2, 0) is 6.42 Å². The van der Waals surface area contributed by atoms with Crippen molar-refractivity contribution in [3.8, 4) is 0 Å². The highest BCUT2D eigenvalue weighted by molar-refractivity contribution is 7.18. The zero-order valence-corrected chi connectivity index (χ0v) is 13.8. The molecule has 4 nitrogen and oxygen atoms in total. The molecule has 1 fully saturated rings. The second kappa shape index (κ2) is 6.71. The Morgan fingerprint density at radius 3 is 2.81 bits per heavy atom. The summed E-state index contributed by atoms with van der Waals surface area (Å²) < 4.78 is 0. The van der Waals surface area contributed by atoms with Crippen LogP contribution in [-0.4, -0.2) is 41.0 Å². The highest BCUT2D eigenvalue weighted by Crippen LogP contribution is 2.28. The zero-order valence-electron chi connectivity index (χ0n) is 13.0. The Morgan fingerprint density at radius 2 is 2.05 bits per heavy atom.